The Morgan fingerprint density at radius 1 is 0.636 bits per heavy atom. The van der Waals surface area contributed by atoms with Crippen LogP contribution in [0.4, 0.5) is 0 Å². The van der Waals surface area contributed by atoms with Gasteiger partial charge in [-0.1, -0.05) is 0 Å². The Hall–Kier alpha value is 0.220. The molecule has 0 radical (unpaired) electrons. The molecule has 0 saturated carbocycles. The second kappa shape index (κ2) is 5.82. The van der Waals surface area contributed by atoms with Crippen molar-refractivity contribution in [3.63, 3.8) is 0 Å². The quantitative estimate of drug-likeness (QED) is 0.397. The lowest BCUT2D eigenvalue weighted by molar-refractivity contribution is -1.92. The standard InChI is InChI=1S/2ClHO4.H2O/c2*2-1(3,4)5;/h2*(H,2,3,4,5);1H2. The van der Waals surface area contributed by atoms with E-state index in [4.69, 9.17) is 37.3 Å². The molecule has 0 spiro atoms. The van der Waals surface area contributed by atoms with Crippen LogP contribution in [0.25, 0.3) is 0 Å². The van der Waals surface area contributed by atoms with Gasteiger partial charge in [-0.2, -0.15) is 28.0 Å². The number of hydrogen-bond acceptors (Lipinski definition) is 8. The van der Waals surface area contributed by atoms with Crippen LogP contribution in [0.3, 0.4) is 0 Å². The van der Waals surface area contributed by atoms with E-state index >= 15 is 0 Å². The summed E-state index contributed by atoms with van der Waals surface area (Å²) in [7, 11) is -9.39. The third-order valence-corrected chi connectivity index (χ3v) is 0. The van der Waals surface area contributed by atoms with Crippen molar-refractivity contribution in [1.82, 2.24) is 0 Å². The van der Waals surface area contributed by atoms with E-state index in [-0.39, 0.29) is 5.48 Å². The van der Waals surface area contributed by atoms with Crippen LogP contribution >= 0.6 is 0 Å². The van der Waals surface area contributed by atoms with E-state index < -0.39 is 20.5 Å². The molecule has 0 aromatic carbocycles. The molecule has 0 fully saturated rings. The summed E-state index contributed by atoms with van der Waals surface area (Å²) in [6.07, 6.45) is 0. The van der Waals surface area contributed by atoms with Crippen LogP contribution in [-0.4, -0.2) is 14.8 Å². The van der Waals surface area contributed by atoms with Gasteiger partial charge in [-0.05, 0) is 0 Å². The predicted octanol–water partition coefficient (Wildman–Crippen LogP) is -9.07. The summed E-state index contributed by atoms with van der Waals surface area (Å²) in [5.41, 5.74) is 0. The van der Waals surface area contributed by atoms with Crippen molar-refractivity contribution in [3.05, 3.63) is 0 Å². The van der Waals surface area contributed by atoms with Crippen molar-refractivity contribution in [2.75, 3.05) is 0 Å². The van der Waals surface area contributed by atoms with Gasteiger partial charge in [0.2, 0.25) is 0 Å². The van der Waals surface area contributed by atoms with Gasteiger partial charge in [0.15, 0.2) is 0 Å². The minimum atomic E-state index is -4.69. The van der Waals surface area contributed by atoms with E-state index in [0.29, 0.717) is 0 Å². The zero-order valence-corrected chi connectivity index (χ0v) is 6.11. The lowest BCUT2D eigenvalue weighted by atomic mass is 15.8. The molecule has 0 saturated heterocycles. The highest BCUT2D eigenvalue weighted by Crippen LogP contribution is 1.61. The van der Waals surface area contributed by atoms with Gasteiger partial charge >= 0.3 is 0 Å². The molecule has 0 aromatic heterocycles. The lowest BCUT2D eigenvalue weighted by Gasteiger charge is -2.03. The van der Waals surface area contributed by atoms with E-state index in [1.165, 1.54) is 0 Å². The van der Waals surface area contributed by atoms with Gasteiger partial charge in [0.25, 0.3) is 0 Å². The number of halogens is 2. The fourth-order valence-corrected chi connectivity index (χ4v) is 0. The Kier molecular flexibility index (Phi) is 9.17. The summed E-state index contributed by atoms with van der Waals surface area (Å²) < 4.78 is 65.4. The summed E-state index contributed by atoms with van der Waals surface area (Å²) in [4.78, 5) is 0. The van der Waals surface area contributed by atoms with E-state index in [9.17, 15) is 0 Å². The maximum absolute atomic E-state index is 8.60. The zero-order valence-electron chi connectivity index (χ0n) is 4.60. The molecule has 0 rings (SSSR count). The van der Waals surface area contributed by atoms with Crippen molar-refractivity contribution in [2.45, 2.75) is 0 Å². The average Bonchev–Trinajstić information content (AvgIpc) is 1.12. The van der Waals surface area contributed by atoms with Crippen molar-refractivity contribution in [3.8, 4) is 0 Å². The summed E-state index contributed by atoms with van der Waals surface area (Å²) >= 11 is 0. The second-order valence-corrected chi connectivity index (χ2v) is 2.38. The Morgan fingerprint density at radius 3 is 0.636 bits per heavy atom. The summed E-state index contributed by atoms with van der Waals surface area (Å²) in [5, 5.41) is 0. The minimum absolute atomic E-state index is 0. The highest BCUT2D eigenvalue weighted by Gasteiger charge is 1.99. The molecule has 0 aromatic rings. The van der Waals surface area contributed by atoms with Gasteiger partial charge in [-0.25, -0.2) is 0 Å². The molecular weight excluding hydrogens is 215 g/mol. The smallest absolute Gasteiger partial charge is 0.0777 e. The molecule has 11 heteroatoms. The number of hydrogen-bond donors (Lipinski definition) is 2. The van der Waals surface area contributed by atoms with E-state index in [2.05, 4.69) is 0 Å². The normalized spacial score (nSPS) is 10.9. The Labute approximate surface area is 64.1 Å². The van der Waals surface area contributed by atoms with Gasteiger partial charge in [-0.15, -0.1) is 0 Å². The molecule has 9 nitrogen and oxygen atoms in total. The fourth-order valence-electron chi connectivity index (χ4n) is 0. The third kappa shape index (κ3) is 14300. The number of rotatable bonds is 0. The van der Waals surface area contributed by atoms with E-state index in [0.717, 1.165) is 0 Å². The summed E-state index contributed by atoms with van der Waals surface area (Å²) in [6, 6.07) is 0. The lowest BCUT2D eigenvalue weighted by Crippen LogP contribution is -2.58. The molecule has 0 unspecified atom stereocenters. The van der Waals surface area contributed by atoms with Gasteiger partial charge in [0.05, 0.1) is 29.8 Å². The first kappa shape index (κ1) is 17.3. The van der Waals surface area contributed by atoms with Crippen molar-refractivity contribution >= 4 is 0 Å². The van der Waals surface area contributed by atoms with Crippen LogP contribution in [0, 0.1) is 20.5 Å². The predicted molar refractivity (Wildman–Crippen MR) is 8.05 cm³/mol. The minimum Gasteiger partial charge on any atom is -0.412 e. The molecule has 11 heavy (non-hydrogen) atoms. The van der Waals surface area contributed by atoms with Gasteiger partial charge in [0.1, 0.15) is 0 Å². The Balaban J connectivity index is -0.000000107. The topological polar surface area (TPSA) is 210 Å². The first-order valence-electron chi connectivity index (χ1n) is 1.26. The van der Waals surface area contributed by atoms with E-state index in [1.807, 2.05) is 0 Å². The first-order chi connectivity index (χ1) is 4.00. The molecular formula is H4Cl2O9. The fraction of sp³-hybridized carbons (Fsp3) is 0. The highest BCUT2D eigenvalue weighted by atomic mass is 35.7. The van der Waals surface area contributed by atoms with Gasteiger partial charge in [0, 0.05) is 0 Å². The summed E-state index contributed by atoms with van der Waals surface area (Å²) in [5.74, 6) is 0. The van der Waals surface area contributed by atoms with Crippen LogP contribution < -0.4 is 28.0 Å². The summed E-state index contributed by atoms with van der Waals surface area (Å²) in [6.45, 7) is 0. The molecule has 0 atom stereocenters. The molecule has 0 amide bonds. The van der Waals surface area contributed by atoms with Gasteiger partial charge < -0.3 is 5.48 Å². The second-order valence-electron chi connectivity index (χ2n) is 0.792. The monoisotopic (exact) mass is 218 g/mol. The molecule has 0 aliphatic rings. The van der Waals surface area contributed by atoms with Crippen molar-refractivity contribution < 1.29 is 63.2 Å². The van der Waals surface area contributed by atoms with Crippen LogP contribution in [-0.2, 0) is 0 Å². The van der Waals surface area contributed by atoms with Gasteiger partial charge in [-0.3, -0.25) is 0 Å². The maximum atomic E-state index is 8.60. The van der Waals surface area contributed by atoms with Crippen LogP contribution in [0.1, 0.15) is 0 Å². The Bertz CT molecular complexity index is 50.5. The van der Waals surface area contributed by atoms with Crippen LogP contribution in [0.2, 0.25) is 0 Å². The van der Waals surface area contributed by atoms with Crippen LogP contribution in [0.5, 0.6) is 0 Å². The largest absolute Gasteiger partial charge is 0.412 e. The molecule has 0 heterocycles. The Morgan fingerprint density at radius 2 is 0.636 bits per heavy atom. The van der Waals surface area contributed by atoms with Crippen molar-refractivity contribution in [2.24, 2.45) is 0 Å². The first-order valence-corrected chi connectivity index (χ1v) is 3.79. The van der Waals surface area contributed by atoms with Crippen molar-refractivity contribution in [1.29, 1.82) is 0 Å². The van der Waals surface area contributed by atoms with E-state index in [1.54, 1.807) is 0 Å². The molecule has 4 N–H and O–H groups in total. The average molecular weight is 219 g/mol. The molecule has 0 aliphatic heterocycles. The highest BCUT2D eigenvalue weighted by molar-refractivity contribution is 2.16. The molecule has 72 valence electrons. The maximum Gasteiger partial charge on any atom is 0.0777 e. The third-order valence-electron chi connectivity index (χ3n) is 0. The molecule has 0 bridgehead atoms. The zero-order chi connectivity index (χ0) is 9.00. The van der Waals surface area contributed by atoms with Crippen LogP contribution in [0.15, 0.2) is 0 Å². The molecule has 0 aliphatic carbocycles. The SMILES string of the molecule is O.[O-][Cl+3]([O-])([O-])O.[O-][Cl+3]([O-])([O-])O.